The molecule has 5 rings (SSSR count). The number of hydrogen-bond donors (Lipinski definition) is 4. The molecule has 0 amide bonds. The molecule has 0 heterocycles. The SMILES string of the molecule is C[C@H](CC[C@H](O)C(C)(C)O)[C@H]1[C@@H](O)C[C@@]2(C)[C@@H]3CC(=O)[C@H]4C(C)(C)[C@@H](O)CC[C@@]45C[C@@]35CC[C@]12C. The van der Waals surface area contributed by atoms with E-state index in [1.54, 1.807) is 13.8 Å². The van der Waals surface area contributed by atoms with E-state index in [4.69, 9.17) is 0 Å². The molecule has 0 aromatic heterocycles. The van der Waals surface area contributed by atoms with Gasteiger partial charge in [-0.05, 0) is 105 Å². The van der Waals surface area contributed by atoms with Crippen molar-refractivity contribution < 1.29 is 25.2 Å². The summed E-state index contributed by atoms with van der Waals surface area (Å²) in [5, 5.41) is 42.9. The zero-order chi connectivity index (χ0) is 26.0. The first kappa shape index (κ1) is 26.1. The molecular weight excluding hydrogens is 440 g/mol. The largest absolute Gasteiger partial charge is 0.393 e. The van der Waals surface area contributed by atoms with Gasteiger partial charge in [0, 0.05) is 17.8 Å². The third-order valence-electron chi connectivity index (χ3n) is 13.2. The second-order valence-electron chi connectivity index (χ2n) is 15.4. The van der Waals surface area contributed by atoms with Crippen molar-refractivity contribution in [2.75, 3.05) is 0 Å². The third kappa shape index (κ3) is 3.17. The van der Waals surface area contributed by atoms with Gasteiger partial charge in [-0.1, -0.05) is 34.6 Å². The van der Waals surface area contributed by atoms with Gasteiger partial charge in [0.1, 0.15) is 5.78 Å². The Hall–Kier alpha value is -0.490. The van der Waals surface area contributed by atoms with E-state index in [-0.39, 0.29) is 44.8 Å². The number of hydrogen-bond acceptors (Lipinski definition) is 5. The number of carbonyl (C=O) groups excluding carboxylic acids is 1. The molecule has 0 unspecified atom stereocenters. The van der Waals surface area contributed by atoms with Crippen molar-refractivity contribution in [3.05, 3.63) is 0 Å². The minimum absolute atomic E-state index is 0.0349. The Kier molecular flexibility index (Phi) is 5.63. The lowest BCUT2D eigenvalue weighted by atomic mass is 9.41. The average molecular weight is 491 g/mol. The molecule has 5 fully saturated rings. The minimum Gasteiger partial charge on any atom is -0.393 e. The molecule has 0 bridgehead atoms. The highest BCUT2D eigenvalue weighted by atomic mass is 16.3. The second-order valence-corrected chi connectivity index (χ2v) is 15.4. The molecule has 5 nitrogen and oxygen atoms in total. The molecule has 200 valence electrons. The zero-order valence-electron chi connectivity index (χ0n) is 23.1. The van der Waals surface area contributed by atoms with Crippen molar-refractivity contribution in [2.45, 2.75) is 130 Å². The summed E-state index contributed by atoms with van der Waals surface area (Å²) in [6.45, 7) is 14.5. The molecule has 35 heavy (non-hydrogen) atoms. The monoisotopic (exact) mass is 490 g/mol. The summed E-state index contributed by atoms with van der Waals surface area (Å²) in [5.41, 5.74) is -1.40. The summed E-state index contributed by atoms with van der Waals surface area (Å²) in [6, 6.07) is 0. The quantitative estimate of drug-likeness (QED) is 0.455. The van der Waals surface area contributed by atoms with Crippen molar-refractivity contribution in [1.82, 2.24) is 0 Å². The van der Waals surface area contributed by atoms with E-state index in [9.17, 15) is 25.2 Å². The standard InChI is InChI=1S/C30H50O5/c1-17(8-9-22(34)26(4,5)35)23-19(32)15-28(7)20-14-18(31)24-25(2,3)21(33)10-11-30(24)16-29(20,30)13-12-27(23,28)6/h17,19-24,32-35H,8-16H2,1-7H3/t17-,19+,20+,21+,22+,23+,24+,27-,28+,29+,30-/m1/s1. The maximum atomic E-state index is 13.9. The number of aliphatic hydroxyl groups is 4. The van der Waals surface area contributed by atoms with Gasteiger partial charge in [-0.2, -0.15) is 0 Å². The second kappa shape index (κ2) is 7.55. The molecular formula is C30H50O5. The normalized spacial score (nSPS) is 52.1. The Morgan fingerprint density at radius 1 is 1.00 bits per heavy atom. The molecule has 11 atom stereocenters. The van der Waals surface area contributed by atoms with Gasteiger partial charge in [0.15, 0.2) is 0 Å². The maximum Gasteiger partial charge on any atom is 0.137 e. The fourth-order valence-corrected chi connectivity index (χ4v) is 11.2. The predicted molar refractivity (Wildman–Crippen MR) is 135 cm³/mol. The van der Waals surface area contributed by atoms with Gasteiger partial charge in [-0.15, -0.1) is 0 Å². The third-order valence-corrected chi connectivity index (χ3v) is 13.2. The van der Waals surface area contributed by atoms with E-state index in [1.807, 2.05) is 0 Å². The summed E-state index contributed by atoms with van der Waals surface area (Å²) < 4.78 is 0. The molecule has 0 aromatic rings. The summed E-state index contributed by atoms with van der Waals surface area (Å²) in [4.78, 5) is 13.9. The molecule has 5 saturated carbocycles. The maximum absolute atomic E-state index is 13.9. The number of ketones is 1. The molecule has 5 heteroatoms. The van der Waals surface area contributed by atoms with E-state index in [0.29, 0.717) is 24.5 Å². The van der Waals surface area contributed by atoms with E-state index >= 15 is 0 Å². The first-order chi connectivity index (χ1) is 16.0. The van der Waals surface area contributed by atoms with Crippen LogP contribution in [-0.2, 0) is 4.79 Å². The Morgan fingerprint density at radius 2 is 1.66 bits per heavy atom. The highest BCUT2D eigenvalue weighted by molar-refractivity contribution is 5.86. The van der Waals surface area contributed by atoms with E-state index in [2.05, 4.69) is 34.6 Å². The Labute approximate surface area is 212 Å². The van der Waals surface area contributed by atoms with Crippen LogP contribution < -0.4 is 0 Å². The van der Waals surface area contributed by atoms with Crippen molar-refractivity contribution in [1.29, 1.82) is 0 Å². The van der Waals surface area contributed by atoms with Crippen LogP contribution in [0.5, 0.6) is 0 Å². The smallest absolute Gasteiger partial charge is 0.137 e. The highest BCUT2D eigenvalue weighted by Gasteiger charge is 2.84. The molecule has 4 N–H and O–H groups in total. The first-order valence-corrected chi connectivity index (χ1v) is 14.3. The van der Waals surface area contributed by atoms with Crippen molar-refractivity contribution in [2.24, 2.45) is 50.7 Å². The molecule has 0 aromatic carbocycles. The van der Waals surface area contributed by atoms with Crippen LogP contribution >= 0.6 is 0 Å². The summed E-state index contributed by atoms with van der Waals surface area (Å²) in [6.07, 6.45) is 6.14. The molecule has 0 radical (unpaired) electrons. The van der Waals surface area contributed by atoms with Crippen molar-refractivity contribution in [3.8, 4) is 0 Å². The van der Waals surface area contributed by atoms with Crippen LogP contribution in [0.1, 0.15) is 106 Å². The summed E-state index contributed by atoms with van der Waals surface area (Å²) >= 11 is 0. The first-order valence-electron chi connectivity index (χ1n) is 14.3. The lowest BCUT2D eigenvalue weighted by Gasteiger charge is -2.62. The van der Waals surface area contributed by atoms with Crippen LogP contribution in [-0.4, -0.2) is 50.1 Å². The molecule has 2 spiro atoms. The Balaban J connectivity index is 1.44. The molecule has 5 aliphatic rings. The van der Waals surface area contributed by atoms with E-state index < -0.39 is 23.9 Å². The van der Waals surface area contributed by atoms with Crippen LogP contribution in [0.2, 0.25) is 0 Å². The Bertz CT molecular complexity index is 892. The van der Waals surface area contributed by atoms with Crippen LogP contribution in [0.15, 0.2) is 0 Å². The van der Waals surface area contributed by atoms with Gasteiger partial charge in [-0.25, -0.2) is 0 Å². The minimum atomic E-state index is -1.12. The molecule has 0 aliphatic heterocycles. The predicted octanol–water partition coefficient (Wildman–Crippen LogP) is 4.48. The molecule has 5 aliphatic carbocycles. The van der Waals surface area contributed by atoms with Crippen molar-refractivity contribution in [3.63, 3.8) is 0 Å². The summed E-state index contributed by atoms with van der Waals surface area (Å²) in [5.74, 6) is 0.985. The van der Waals surface area contributed by atoms with Crippen LogP contribution in [0.3, 0.4) is 0 Å². The topological polar surface area (TPSA) is 98.0 Å². The van der Waals surface area contributed by atoms with Gasteiger partial charge < -0.3 is 20.4 Å². The van der Waals surface area contributed by atoms with Gasteiger partial charge in [0.25, 0.3) is 0 Å². The van der Waals surface area contributed by atoms with Crippen LogP contribution in [0.4, 0.5) is 0 Å². The summed E-state index contributed by atoms with van der Waals surface area (Å²) in [7, 11) is 0. The lowest BCUT2D eigenvalue weighted by molar-refractivity contribution is -0.175. The van der Waals surface area contributed by atoms with Gasteiger partial charge >= 0.3 is 0 Å². The zero-order valence-corrected chi connectivity index (χ0v) is 23.1. The van der Waals surface area contributed by atoms with E-state index in [0.717, 1.165) is 44.9 Å². The van der Waals surface area contributed by atoms with Crippen LogP contribution in [0.25, 0.3) is 0 Å². The number of fused-ring (bicyclic) bond motifs is 2. The average Bonchev–Trinajstić information content (AvgIpc) is 3.32. The Morgan fingerprint density at radius 3 is 2.29 bits per heavy atom. The fraction of sp³-hybridized carbons (Fsp3) is 0.967. The van der Waals surface area contributed by atoms with Gasteiger partial charge in [-0.3, -0.25) is 4.79 Å². The highest BCUT2D eigenvalue weighted by Crippen LogP contribution is 2.88. The van der Waals surface area contributed by atoms with Gasteiger partial charge in [0.2, 0.25) is 0 Å². The van der Waals surface area contributed by atoms with Crippen molar-refractivity contribution >= 4 is 5.78 Å². The number of rotatable bonds is 5. The number of Topliss-reactive ketones (excluding diaryl/α,β-unsaturated/α-hetero) is 1. The lowest BCUT2D eigenvalue weighted by Crippen LogP contribution is -2.60. The van der Waals surface area contributed by atoms with Crippen LogP contribution in [0, 0.1) is 50.7 Å². The molecule has 0 saturated heterocycles. The fourth-order valence-electron chi connectivity index (χ4n) is 11.2. The number of aliphatic hydroxyl groups excluding tert-OH is 3. The number of carbonyl (C=O) groups is 1. The van der Waals surface area contributed by atoms with Gasteiger partial charge in [0.05, 0.1) is 23.9 Å². The van der Waals surface area contributed by atoms with E-state index in [1.165, 1.54) is 0 Å².